The highest BCUT2D eigenvalue weighted by Gasteiger charge is 2.68. The molecule has 3 atom stereocenters. The summed E-state index contributed by atoms with van der Waals surface area (Å²) in [6, 6.07) is 18.2. The van der Waals surface area contributed by atoms with Crippen LogP contribution in [-0.2, 0) is 24.7 Å². The van der Waals surface area contributed by atoms with E-state index in [0.29, 0.717) is 16.8 Å². The average Bonchev–Trinajstić information content (AvgIpc) is 3.34. The molecule has 8 heteroatoms. The normalized spacial score (nSPS) is 23.1. The lowest BCUT2D eigenvalue weighted by atomic mass is 9.71. The molecular formula is C26H20F2N2O4. The van der Waals surface area contributed by atoms with Crippen LogP contribution in [-0.4, -0.2) is 30.9 Å². The predicted octanol–water partition coefficient (Wildman–Crippen LogP) is 3.16. The van der Waals surface area contributed by atoms with Crippen molar-refractivity contribution >= 4 is 23.5 Å². The molecule has 2 fully saturated rings. The van der Waals surface area contributed by atoms with Crippen molar-refractivity contribution in [3.63, 3.8) is 0 Å². The molecule has 0 unspecified atom stereocenters. The minimum absolute atomic E-state index is 0.377. The Morgan fingerprint density at radius 3 is 1.88 bits per heavy atom. The number of amides is 2. The van der Waals surface area contributed by atoms with Gasteiger partial charge in [0.25, 0.3) is 0 Å². The Hall–Kier alpha value is -3.91. The van der Waals surface area contributed by atoms with Gasteiger partial charge in [0, 0.05) is 0 Å². The third-order valence-corrected chi connectivity index (χ3v) is 6.63. The van der Waals surface area contributed by atoms with Gasteiger partial charge in [0.05, 0.1) is 30.2 Å². The number of carbonyl (C=O) groups excluding carboxylic acids is 3. The first-order chi connectivity index (χ1) is 16.4. The first kappa shape index (κ1) is 21.9. The van der Waals surface area contributed by atoms with Crippen LogP contribution in [0.3, 0.4) is 0 Å². The molecule has 0 saturated carbocycles. The molecule has 2 saturated heterocycles. The lowest BCUT2D eigenvalue weighted by Crippen LogP contribution is -2.52. The summed E-state index contributed by atoms with van der Waals surface area (Å²) in [4.78, 5) is 41.4. The maximum atomic E-state index is 13.9. The van der Waals surface area contributed by atoms with E-state index in [1.165, 1.54) is 55.6 Å². The monoisotopic (exact) mass is 462 g/mol. The third kappa shape index (κ3) is 3.13. The number of rotatable bonds is 4. The molecule has 3 aromatic rings. The number of benzene rings is 3. The number of halogens is 2. The SMILES string of the molecule is COC(=O)[C@H]1NC(c2ccc(F)cc2)(c2ccc(F)cc2)[C@@H]2C(=O)N(c3ccccc3)C(=O)[C@H]12. The minimum atomic E-state index is -1.42. The van der Waals surface area contributed by atoms with Crippen molar-refractivity contribution in [2.75, 3.05) is 12.0 Å². The number of fused-ring (bicyclic) bond motifs is 1. The van der Waals surface area contributed by atoms with Gasteiger partial charge in [0.15, 0.2) is 0 Å². The second-order valence-corrected chi connectivity index (χ2v) is 8.32. The van der Waals surface area contributed by atoms with Crippen molar-refractivity contribution in [1.82, 2.24) is 5.32 Å². The quantitative estimate of drug-likeness (QED) is 0.476. The molecule has 34 heavy (non-hydrogen) atoms. The second-order valence-electron chi connectivity index (χ2n) is 8.32. The Bertz CT molecular complexity index is 1220. The van der Waals surface area contributed by atoms with Gasteiger partial charge < -0.3 is 4.74 Å². The van der Waals surface area contributed by atoms with Crippen LogP contribution in [0.5, 0.6) is 0 Å². The molecule has 6 nitrogen and oxygen atoms in total. The highest BCUT2D eigenvalue weighted by molar-refractivity contribution is 6.24. The van der Waals surface area contributed by atoms with Gasteiger partial charge in [-0.3, -0.25) is 19.7 Å². The number of nitrogens with one attached hydrogen (secondary N) is 1. The summed E-state index contributed by atoms with van der Waals surface area (Å²) in [6.07, 6.45) is 0. The maximum absolute atomic E-state index is 13.9. The van der Waals surface area contributed by atoms with Crippen molar-refractivity contribution in [3.05, 3.63) is 102 Å². The molecule has 0 bridgehead atoms. The van der Waals surface area contributed by atoms with Crippen LogP contribution >= 0.6 is 0 Å². The average molecular weight is 462 g/mol. The highest BCUT2D eigenvalue weighted by atomic mass is 19.1. The summed E-state index contributed by atoms with van der Waals surface area (Å²) >= 11 is 0. The molecule has 0 aliphatic carbocycles. The number of methoxy groups -OCH3 is 1. The Morgan fingerprint density at radius 2 is 1.38 bits per heavy atom. The molecule has 3 aromatic carbocycles. The molecule has 1 N–H and O–H groups in total. The van der Waals surface area contributed by atoms with Gasteiger partial charge in [-0.25, -0.2) is 13.7 Å². The van der Waals surface area contributed by atoms with Crippen molar-refractivity contribution in [3.8, 4) is 0 Å². The highest BCUT2D eigenvalue weighted by Crippen LogP contribution is 2.52. The number of hydrogen-bond acceptors (Lipinski definition) is 5. The standard InChI is InChI=1S/C26H20F2N2O4/c1-34-25(33)22-20-21(24(32)30(23(20)31)19-5-3-2-4-6-19)26(29-22,15-7-11-17(27)12-8-15)16-9-13-18(28)14-10-16/h2-14,20-22,29H,1H3/t20-,21-,22-/m0/s1. The van der Waals surface area contributed by atoms with Gasteiger partial charge in [-0.15, -0.1) is 0 Å². The number of esters is 1. The molecule has 0 aromatic heterocycles. The summed E-state index contributed by atoms with van der Waals surface area (Å²) < 4.78 is 32.6. The van der Waals surface area contributed by atoms with E-state index >= 15 is 0 Å². The van der Waals surface area contributed by atoms with E-state index in [1.54, 1.807) is 30.3 Å². The van der Waals surface area contributed by atoms with Crippen LogP contribution in [0.4, 0.5) is 14.5 Å². The number of anilines is 1. The van der Waals surface area contributed by atoms with Crippen LogP contribution in [0.15, 0.2) is 78.9 Å². The molecule has 172 valence electrons. The zero-order chi connectivity index (χ0) is 24.0. The number of imide groups is 1. The summed E-state index contributed by atoms with van der Waals surface area (Å²) in [5, 5.41) is 3.17. The molecule has 0 spiro atoms. The number of ether oxygens (including phenoxy) is 1. The summed E-state index contributed by atoms with van der Waals surface area (Å²) in [5.74, 6) is -4.91. The first-order valence-electron chi connectivity index (χ1n) is 10.7. The zero-order valence-corrected chi connectivity index (χ0v) is 18.1. The fourth-order valence-electron chi connectivity index (χ4n) is 5.19. The van der Waals surface area contributed by atoms with Crippen molar-refractivity contribution in [1.29, 1.82) is 0 Å². The molecule has 5 rings (SSSR count). The van der Waals surface area contributed by atoms with Crippen LogP contribution in [0, 0.1) is 23.5 Å². The van der Waals surface area contributed by atoms with Gasteiger partial charge in [-0.05, 0) is 47.5 Å². The van der Waals surface area contributed by atoms with Gasteiger partial charge in [-0.2, -0.15) is 0 Å². The van der Waals surface area contributed by atoms with E-state index in [-0.39, 0.29) is 0 Å². The number of hydrogen-bond donors (Lipinski definition) is 1. The Morgan fingerprint density at radius 1 is 0.853 bits per heavy atom. The van der Waals surface area contributed by atoms with E-state index in [9.17, 15) is 23.2 Å². The van der Waals surface area contributed by atoms with Crippen molar-refractivity contribution in [2.24, 2.45) is 11.8 Å². The first-order valence-corrected chi connectivity index (χ1v) is 10.7. The van der Waals surface area contributed by atoms with E-state index in [0.717, 1.165) is 4.90 Å². The van der Waals surface area contributed by atoms with Gasteiger partial charge in [0.2, 0.25) is 11.8 Å². The lowest BCUT2D eigenvalue weighted by Gasteiger charge is -2.36. The van der Waals surface area contributed by atoms with E-state index in [1.807, 2.05) is 0 Å². The van der Waals surface area contributed by atoms with Crippen molar-refractivity contribution < 1.29 is 27.9 Å². The summed E-state index contributed by atoms with van der Waals surface area (Å²) in [6.45, 7) is 0. The molecule has 2 amide bonds. The summed E-state index contributed by atoms with van der Waals surface area (Å²) in [5.41, 5.74) is -0.125. The number of carbonyl (C=O) groups is 3. The fourth-order valence-corrected chi connectivity index (χ4v) is 5.19. The maximum Gasteiger partial charge on any atom is 0.323 e. The van der Waals surface area contributed by atoms with Crippen LogP contribution in [0.1, 0.15) is 11.1 Å². The molecule has 2 aliphatic heterocycles. The molecule has 0 radical (unpaired) electrons. The number of nitrogens with zero attached hydrogens (tertiary/aromatic N) is 1. The lowest BCUT2D eigenvalue weighted by molar-refractivity contribution is -0.145. The van der Waals surface area contributed by atoms with E-state index < -0.39 is 52.8 Å². The molecule has 2 aliphatic rings. The Balaban J connectivity index is 1.76. The predicted molar refractivity (Wildman–Crippen MR) is 118 cm³/mol. The Labute approximate surface area is 194 Å². The minimum Gasteiger partial charge on any atom is -0.468 e. The van der Waals surface area contributed by atoms with E-state index in [2.05, 4.69) is 5.32 Å². The summed E-state index contributed by atoms with van der Waals surface area (Å²) in [7, 11) is 1.20. The fraction of sp³-hybridized carbons (Fsp3) is 0.192. The molecular weight excluding hydrogens is 442 g/mol. The zero-order valence-electron chi connectivity index (χ0n) is 18.1. The number of para-hydroxylation sites is 1. The third-order valence-electron chi connectivity index (χ3n) is 6.63. The van der Waals surface area contributed by atoms with Gasteiger partial charge in [0.1, 0.15) is 17.7 Å². The van der Waals surface area contributed by atoms with Crippen LogP contribution in [0.2, 0.25) is 0 Å². The molecule has 2 heterocycles. The Kier molecular flexibility index (Phi) is 5.25. The van der Waals surface area contributed by atoms with Crippen LogP contribution < -0.4 is 10.2 Å². The van der Waals surface area contributed by atoms with E-state index in [4.69, 9.17) is 4.74 Å². The topological polar surface area (TPSA) is 75.7 Å². The smallest absolute Gasteiger partial charge is 0.323 e. The second kappa shape index (κ2) is 8.14. The van der Waals surface area contributed by atoms with Crippen LogP contribution in [0.25, 0.3) is 0 Å². The van der Waals surface area contributed by atoms with Gasteiger partial charge in [-0.1, -0.05) is 42.5 Å². The largest absolute Gasteiger partial charge is 0.468 e. The van der Waals surface area contributed by atoms with Crippen molar-refractivity contribution in [2.45, 2.75) is 11.6 Å². The van der Waals surface area contributed by atoms with Gasteiger partial charge >= 0.3 is 5.97 Å².